The molecular weight excluding hydrogens is 271 g/mol. The molecule has 0 saturated carbocycles. The predicted molar refractivity (Wildman–Crippen MR) is 65.8 cm³/mol. The highest BCUT2D eigenvalue weighted by atomic mass is 19.2. The molecule has 0 aromatic carbocycles. The fraction of sp³-hybridized carbons (Fsp3) is 0.500. The molecule has 3 rings (SSSR count). The van der Waals surface area contributed by atoms with Crippen LogP contribution in [0.3, 0.4) is 0 Å². The number of alkyl halides is 1. The van der Waals surface area contributed by atoms with E-state index in [0.29, 0.717) is 0 Å². The highest BCUT2D eigenvalue weighted by molar-refractivity contribution is 5.82. The van der Waals surface area contributed by atoms with Gasteiger partial charge in [0.1, 0.15) is 12.4 Å². The molecule has 6 N–H and O–H groups in total. The number of anilines is 2. The number of aliphatic hydroxyl groups excluding tert-OH is 2. The summed E-state index contributed by atoms with van der Waals surface area (Å²) in [5.74, 6) is -2.49. The molecule has 2 aromatic rings. The van der Waals surface area contributed by atoms with E-state index in [1.807, 2.05) is 0 Å². The highest BCUT2D eigenvalue weighted by Gasteiger charge is 2.49. The second-order valence-corrected chi connectivity index (χ2v) is 4.55. The minimum atomic E-state index is -2.38. The van der Waals surface area contributed by atoms with Crippen molar-refractivity contribution >= 4 is 22.9 Å². The molecule has 1 aliphatic heterocycles. The summed E-state index contributed by atoms with van der Waals surface area (Å²) in [5, 5.41) is 18.7. The molecule has 1 fully saturated rings. The average Bonchev–Trinajstić information content (AvgIpc) is 2.91. The van der Waals surface area contributed by atoms with E-state index >= 15 is 0 Å². The number of nitrogens with zero attached hydrogens (tertiary/aromatic N) is 4. The van der Waals surface area contributed by atoms with Crippen molar-refractivity contribution in [2.45, 2.75) is 24.6 Å². The van der Waals surface area contributed by atoms with Gasteiger partial charge in [0.2, 0.25) is 5.95 Å². The maximum atomic E-state index is 14.8. The molecule has 1 saturated heterocycles. The molecule has 0 spiro atoms. The summed E-state index contributed by atoms with van der Waals surface area (Å²) in [7, 11) is 0. The molecule has 3 heterocycles. The lowest BCUT2D eigenvalue weighted by molar-refractivity contribution is -0.200. The van der Waals surface area contributed by atoms with Crippen LogP contribution in [0.25, 0.3) is 11.2 Å². The van der Waals surface area contributed by atoms with Crippen LogP contribution in [0.2, 0.25) is 0 Å². The Labute approximate surface area is 112 Å². The summed E-state index contributed by atoms with van der Waals surface area (Å²) in [4.78, 5) is 11.5. The number of aromatic nitrogens is 4. The number of imidazole rings is 1. The van der Waals surface area contributed by atoms with Crippen molar-refractivity contribution in [3.8, 4) is 0 Å². The van der Waals surface area contributed by atoms with E-state index in [1.54, 1.807) is 0 Å². The van der Waals surface area contributed by atoms with Gasteiger partial charge in [-0.1, -0.05) is 0 Å². The lowest BCUT2D eigenvalue weighted by atomic mass is 10.2. The van der Waals surface area contributed by atoms with Crippen molar-refractivity contribution < 1.29 is 19.3 Å². The molecule has 3 atom stereocenters. The van der Waals surface area contributed by atoms with Crippen LogP contribution in [-0.2, 0) is 10.7 Å². The van der Waals surface area contributed by atoms with E-state index in [1.165, 1.54) is 0 Å². The number of hydrogen-bond acceptors (Lipinski definition) is 8. The molecule has 0 aliphatic carbocycles. The van der Waals surface area contributed by atoms with E-state index in [0.717, 1.165) is 10.9 Å². The zero-order valence-electron chi connectivity index (χ0n) is 10.3. The van der Waals surface area contributed by atoms with Gasteiger partial charge in [0, 0.05) is 0 Å². The Morgan fingerprint density at radius 2 is 2.25 bits per heavy atom. The van der Waals surface area contributed by atoms with Crippen LogP contribution in [0.4, 0.5) is 16.2 Å². The Balaban J connectivity index is 2.11. The molecule has 9 nitrogen and oxygen atoms in total. The first-order chi connectivity index (χ1) is 9.44. The van der Waals surface area contributed by atoms with E-state index in [9.17, 15) is 9.50 Å². The van der Waals surface area contributed by atoms with Crippen molar-refractivity contribution in [2.24, 2.45) is 0 Å². The second-order valence-electron chi connectivity index (χ2n) is 4.55. The van der Waals surface area contributed by atoms with Crippen LogP contribution in [0.15, 0.2) is 6.33 Å². The maximum absolute atomic E-state index is 14.8. The van der Waals surface area contributed by atoms with Crippen LogP contribution in [-0.4, -0.2) is 48.5 Å². The number of rotatable bonds is 2. The van der Waals surface area contributed by atoms with Gasteiger partial charge in [-0.2, -0.15) is 14.4 Å². The Kier molecular flexibility index (Phi) is 2.74. The van der Waals surface area contributed by atoms with Gasteiger partial charge in [-0.05, 0) is 0 Å². The van der Waals surface area contributed by atoms with Crippen LogP contribution in [0.1, 0.15) is 6.42 Å². The number of nitrogen functional groups attached to an aromatic ring is 2. The first-order valence-electron chi connectivity index (χ1n) is 5.87. The number of nitrogens with two attached hydrogens (primary N) is 2. The van der Waals surface area contributed by atoms with Gasteiger partial charge in [-0.15, -0.1) is 0 Å². The Bertz CT molecular complexity index is 664. The van der Waals surface area contributed by atoms with Crippen LogP contribution >= 0.6 is 0 Å². The van der Waals surface area contributed by atoms with Crippen molar-refractivity contribution in [2.75, 3.05) is 18.1 Å². The third-order valence-electron chi connectivity index (χ3n) is 3.20. The maximum Gasteiger partial charge on any atom is 0.298 e. The summed E-state index contributed by atoms with van der Waals surface area (Å²) in [6.45, 7) is -0.501. The van der Waals surface area contributed by atoms with E-state index in [2.05, 4.69) is 15.0 Å². The van der Waals surface area contributed by atoms with Crippen molar-refractivity contribution in [3.05, 3.63) is 6.33 Å². The number of hydrogen-bond donors (Lipinski definition) is 4. The molecule has 2 aromatic heterocycles. The smallest absolute Gasteiger partial charge is 0.298 e. The van der Waals surface area contributed by atoms with Crippen LogP contribution in [0, 0.1) is 0 Å². The number of halogens is 1. The number of fused-ring (bicyclic) bond motifs is 1. The third-order valence-corrected chi connectivity index (χ3v) is 3.20. The Hall–Kier alpha value is -2.04. The lowest BCUT2D eigenvalue weighted by Gasteiger charge is -2.21. The number of ether oxygens (including phenoxy) is 1. The first-order valence-corrected chi connectivity index (χ1v) is 5.87. The quantitative estimate of drug-likeness (QED) is 0.533. The summed E-state index contributed by atoms with van der Waals surface area (Å²) in [5.41, 5.74) is 11.4. The Morgan fingerprint density at radius 3 is 2.90 bits per heavy atom. The normalized spacial score (nSPS) is 30.1. The zero-order chi connectivity index (χ0) is 14.5. The van der Waals surface area contributed by atoms with Gasteiger partial charge >= 0.3 is 0 Å². The molecule has 0 radical (unpaired) electrons. The fourth-order valence-electron chi connectivity index (χ4n) is 2.25. The van der Waals surface area contributed by atoms with Gasteiger partial charge in [-0.3, -0.25) is 4.57 Å². The Morgan fingerprint density at radius 1 is 1.50 bits per heavy atom. The van der Waals surface area contributed by atoms with Gasteiger partial charge < -0.3 is 26.4 Å². The second kappa shape index (κ2) is 4.23. The van der Waals surface area contributed by atoms with E-state index in [-0.39, 0.29) is 29.4 Å². The van der Waals surface area contributed by atoms with Crippen molar-refractivity contribution in [1.29, 1.82) is 0 Å². The van der Waals surface area contributed by atoms with Gasteiger partial charge in [0.15, 0.2) is 17.0 Å². The lowest BCUT2D eigenvalue weighted by Crippen LogP contribution is -2.29. The van der Waals surface area contributed by atoms with Crippen molar-refractivity contribution in [3.63, 3.8) is 0 Å². The molecular formula is C10H13FN6O3. The summed E-state index contributed by atoms with van der Waals surface area (Å²) in [6.07, 6.45) is -1.39. The predicted octanol–water partition coefficient (Wildman–Crippen LogP) is -1.29. The van der Waals surface area contributed by atoms with E-state index < -0.39 is 24.8 Å². The van der Waals surface area contributed by atoms with Crippen LogP contribution < -0.4 is 11.5 Å². The van der Waals surface area contributed by atoms with Gasteiger partial charge in [0.05, 0.1) is 19.1 Å². The van der Waals surface area contributed by atoms with Gasteiger partial charge in [-0.25, -0.2) is 4.98 Å². The summed E-state index contributed by atoms with van der Waals surface area (Å²) in [6, 6.07) is 0. The molecule has 20 heavy (non-hydrogen) atoms. The minimum absolute atomic E-state index is 0.0205. The fourth-order valence-corrected chi connectivity index (χ4v) is 2.25. The topological polar surface area (TPSA) is 145 Å². The monoisotopic (exact) mass is 284 g/mol. The largest absolute Gasteiger partial charge is 0.394 e. The summed E-state index contributed by atoms with van der Waals surface area (Å²) < 4.78 is 20.9. The molecule has 0 bridgehead atoms. The SMILES string of the molecule is Nc1nc(N)c2ncn([C@@]3(F)C[C@H](O)[C@@H](CO)O3)c2n1. The van der Waals surface area contributed by atoms with Crippen molar-refractivity contribution in [1.82, 2.24) is 19.5 Å². The van der Waals surface area contributed by atoms with E-state index in [4.69, 9.17) is 21.3 Å². The summed E-state index contributed by atoms with van der Waals surface area (Å²) >= 11 is 0. The minimum Gasteiger partial charge on any atom is -0.394 e. The van der Waals surface area contributed by atoms with Gasteiger partial charge in [0.25, 0.3) is 5.98 Å². The average molecular weight is 284 g/mol. The first kappa shape index (κ1) is 13.0. The highest BCUT2D eigenvalue weighted by Crippen LogP contribution is 2.38. The molecule has 10 heteroatoms. The molecule has 1 aliphatic rings. The molecule has 0 unspecified atom stereocenters. The number of aliphatic hydroxyl groups is 2. The van der Waals surface area contributed by atoms with Crippen LogP contribution in [0.5, 0.6) is 0 Å². The third kappa shape index (κ3) is 1.77. The zero-order valence-corrected chi connectivity index (χ0v) is 10.3. The molecule has 0 amide bonds. The standard InChI is InChI=1S/C10H13FN6O3/c11-10(1-4(19)5(2-18)20-10)17-3-14-6-7(12)15-9(13)16-8(6)17/h3-5,18-19H,1-2H2,(H4,12,13,15,16)/t4-,5+,10-/m0/s1. The molecule has 108 valence electrons.